The van der Waals surface area contributed by atoms with Gasteiger partial charge in [0.1, 0.15) is 5.60 Å². The van der Waals surface area contributed by atoms with Gasteiger partial charge in [-0.2, -0.15) is 0 Å². The van der Waals surface area contributed by atoms with E-state index in [9.17, 15) is 9.90 Å². The number of aliphatic hydroxyl groups is 1. The molecule has 3 heteroatoms. The molecule has 4 fully saturated rings. The van der Waals surface area contributed by atoms with Crippen molar-refractivity contribution in [3.8, 4) is 0 Å². The van der Waals surface area contributed by atoms with Crippen LogP contribution in [-0.2, 0) is 9.53 Å². The van der Waals surface area contributed by atoms with Crippen molar-refractivity contribution < 1.29 is 14.6 Å². The van der Waals surface area contributed by atoms with Crippen molar-refractivity contribution in [2.75, 3.05) is 0 Å². The smallest absolute Gasteiger partial charge is 0.303 e. The molecule has 0 amide bonds. The zero-order valence-electron chi connectivity index (χ0n) is 11.7. The summed E-state index contributed by atoms with van der Waals surface area (Å²) in [6.07, 6.45) is 6.23. The molecule has 4 rings (SSSR count). The van der Waals surface area contributed by atoms with Crippen LogP contribution in [-0.4, -0.2) is 22.3 Å². The van der Waals surface area contributed by atoms with Crippen molar-refractivity contribution in [2.45, 2.75) is 70.5 Å². The Morgan fingerprint density at radius 3 is 2.22 bits per heavy atom. The molecule has 0 aromatic rings. The van der Waals surface area contributed by atoms with Gasteiger partial charge in [0, 0.05) is 12.3 Å². The fourth-order valence-corrected chi connectivity index (χ4v) is 5.39. The van der Waals surface area contributed by atoms with Gasteiger partial charge in [-0.05, 0) is 64.2 Å². The molecule has 0 spiro atoms. The third kappa shape index (κ3) is 1.70. The molecule has 4 saturated carbocycles. The third-order valence-electron chi connectivity index (χ3n) is 5.71. The van der Waals surface area contributed by atoms with Crippen LogP contribution in [0.25, 0.3) is 0 Å². The number of hydrogen-bond donors (Lipinski definition) is 1. The third-order valence-corrected chi connectivity index (χ3v) is 5.71. The molecule has 1 N–H and O–H groups in total. The topological polar surface area (TPSA) is 46.5 Å². The summed E-state index contributed by atoms with van der Waals surface area (Å²) in [6.45, 7) is 5.55. The number of carbonyl (C=O) groups is 1. The fourth-order valence-electron chi connectivity index (χ4n) is 5.39. The maximum atomic E-state index is 11.3. The van der Waals surface area contributed by atoms with Gasteiger partial charge in [-0.3, -0.25) is 4.79 Å². The quantitative estimate of drug-likeness (QED) is 0.769. The number of esters is 1. The Bertz CT molecular complexity index is 371. The monoisotopic (exact) mass is 252 g/mol. The SMILES string of the molecule is CC(=O)OC(C)(C)C12CC3CC(CC(O)(C3)C1)C2. The van der Waals surface area contributed by atoms with E-state index < -0.39 is 11.2 Å². The second-order valence-corrected chi connectivity index (χ2v) is 7.57. The highest BCUT2D eigenvalue weighted by Crippen LogP contribution is 2.65. The number of rotatable bonds is 2. The normalized spacial score (nSPS) is 46.2. The van der Waals surface area contributed by atoms with E-state index in [2.05, 4.69) is 0 Å². The fraction of sp³-hybridized carbons (Fsp3) is 0.933. The van der Waals surface area contributed by atoms with Crippen molar-refractivity contribution in [1.82, 2.24) is 0 Å². The van der Waals surface area contributed by atoms with E-state index >= 15 is 0 Å². The molecule has 0 aromatic heterocycles. The van der Waals surface area contributed by atoms with Gasteiger partial charge in [0.15, 0.2) is 0 Å². The maximum absolute atomic E-state index is 11.3. The first-order chi connectivity index (χ1) is 8.24. The minimum Gasteiger partial charge on any atom is -0.459 e. The van der Waals surface area contributed by atoms with Crippen LogP contribution in [0.5, 0.6) is 0 Å². The molecule has 0 aromatic carbocycles. The van der Waals surface area contributed by atoms with E-state index in [4.69, 9.17) is 4.74 Å². The van der Waals surface area contributed by atoms with Gasteiger partial charge in [-0.15, -0.1) is 0 Å². The molecule has 4 aliphatic rings. The van der Waals surface area contributed by atoms with Crippen LogP contribution in [0.1, 0.15) is 59.3 Å². The lowest BCUT2D eigenvalue weighted by molar-refractivity contribution is -0.231. The summed E-state index contributed by atoms with van der Waals surface area (Å²) < 4.78 is 5.62. The molecule has 2 atom stereocenters. The van der Waals surface area contributed by atoms with E-state index in [0.717, 1.165) is 32.1 Å². The average molecular weight is 252 g/mol. The lowest BCUT2D eigenvalue weighted by Gasteiger charge is -2.64. The van der Waals surface area contributed by atoms with Crippen LogP contribution >= 0.6 is 0 Å². The summed E-state index contributed by atoms with van der Waals surface area (Å²) in [5.41, 5.74) is -0.941. The lowest BCUT2D eigenvalue weighted by Crippen LogP contribution is -2.62. The highest BCUT2D eigenvalue weighted by Gasteiger charge is 2.63. The maximum Gasteiger partial charge on any atom is 0.303 e. The molecule has 3 nitrogen and oxygen atoms in total. The van der Waals surface area contributed by atoms with Gasteiger partial charge in [0.05, 0.1) is 5.60 Å². The summed E-state index contributed by atoms with van der Waals surface area (Å²) in [4.78, 5) is 11.3. The van der Waals surface area contributed by atoms with Crippen LogP contribution in [0.4, 0.5) is 0 Å². The van der Waals surface area contributed by atoms with Crippen LogP contribution in [0.2, 0.25) is 0 Å². The number of carbonyl (C=O) groups excluding carboxylic acids is 1. The molecule has 4 bridgehead atoms. The Balaban J connectivity index is 1.93. The van der Waals surface area contributed by atoms with Crippen LogP contribution in [0.3, 0.4) is 0 Å². The second kappa shape index (κ2) is 3.50. The van der Waals surface area contributed by atoms with Gasteiger partial charge < -0.3 is 9.84 Å². The predicted octanol–water partition coefficient (Wildman–Crippen LogP) is 2.66. The molecule has 18 heavy (non-hydrogen) atoms. The van der Waals surface area contributed by atoms with Gasteiger partial charge in [-0.25, -0.2) is 0 Å². The average Bonchev–Trinajstić information content (AvgIpc) is 2.10. The lowest BCUT2D eigenvalue weighted by atomic mass is 9.44. The van der Waals surface area contributed by atoms with Gasteiger partial charge in [0.25, 0.3) is 0 Å². The Labute approximate surface area is 109 Å². The van der Waals surface area contributed by atoms with E-state index in [-0.39, 0.29) is 11.4 Å². The second-order valence-electron chi connectivity index (χ2n) is 7.57. The van der Waals surface area contributed by atoms with Crippen molar-refractivity contribution >= 4 is 5.97 Å². The summed E-state index contributed by atoms with van der Waals surface area (Å²) in [6, 6.07) is 0. The first kappa shape index (κ1) is 12.5. The standard InChI is InChI=1S/C15H24O3/c1-10(16)18-13(2,3)14-5-11-4-12(6-14)8-15(17,7-11)9-14/h11-12,17H,4-9H2,1-3H3. The molecule has 102 valence electrons. The summed E-state index contributed by atoms with van der Waals surface area (Å²) >= 11 is 0. The van der Waals surface area contributed by atoms with Crippen molar-refractivity contribution in [3.63, 3.8) is 0 Å². The minimum absolute atomic E-state index is 0.00248. The Hall–Kier alpha value is -0.570. The summed E-state index contributed by atoms with van der Waals surface area (Å²) in [5, 5.41) is 10.7. The Morgan fingerprint density at radius 1 is 1.22 bits per heavy atom. The molecular weight excluding hydrogens is 228 g/mol. The molecular formula is C15H24O3. The van der Waals surface area contributed by atoms with Crippen LogP contribution < -0.4 is 0 Å². The molecule has 0 aliphatic heterocycles. The van der Waals surface area contributed by atoms with E-state index in [1.807, 2.05) is 13.8 Å². The number of hydrogen-bond acceptors (Lipinski definition) is 3. The molecule has 0 saturated heterocycles. The van der Waals surface area contributed by atoms with E-state index in [1.54, 1.807) is 0 Å². The molecule has 0 radical (unpaired) electrons. The molecule has 4 aliphatic carbocycles. The van der Waals surface area contributed by atoms with Crippen molar-refractivity contribution in [3.05, 3.63) is 0 Å². The van der Waals surface area contributed by atoms with Crippen molar-refractivity contribution in [1.29, 1.82) is 0 Å². The molecule has 0 heterocycles. The predicted molar refractivity (Wildman–Crippen MR) is 67.9 cm³/mol. The van der Waals surface area contributed by atoms with Gasteiger partial charge >= 0.3 is 5.97 Å². The van der Waals surface area contributed by atoms with Crippen molar-refractivity contribution in [2.24, 2.45) is 17.3 Å². The summed E-state index contributed by atoms with van der Waals surface area (Å²) in [7, 11) is 0. The summed E-state index contributed by atoms with van der Waals surface area (Å²) in [5.74, 6) is 1.06. The first-order valence-electron chi connectivity index (χ1n) is 7.16. The zero-order chi connectivity index (χ0) is 13.2. The zero-order valence-corrected chi connectivity index (χ0v) is 11.7. The minimum atomic E-state index is -0.485. The van der Waals surface area contributed by atoms with Crippen LogP contribution in [0, 0.1) is 17.3 Å². The molecule has 2 unspecified atom stereocenters. The number of ether oxygens (including phenoxy) is 1. The van der Waals surface area contributed by atoms with Gasteiger partial charge in [0.2, 0.25) is 0 Å². The van der Waals surface area contributed by atoms with Gasteiger partial charge in [-0.1, -0.05) is 0 Å². The largest absolute Gasteiger partial charge is 0.459 e. The Morgan fingerprint density at radius 2 is 1.78 bits per heavy atom. The van der Waals surface area contributed by atoms with Crippen LogP contribution in [0.15, 0.2) is 0 Å². The van der Waals surface area contributed by atoms with E-state index in [0.29, 0.717) is 11.8 Å². The highest BCUT2D eigenvalue weighted by atomic mass is 16.6. The highest BCUT2D eigenvalue weighted by molar-refractivity contribution is 5.66. The van der Waals surface area contributed by atoms with E-state index in [1.165, 1.54) is 13.3 Å². The Kier molecular flexibility index (Phi) is 2.42. The first-order valence-corrected chi connectivity index (χ1v) is 7.16.